The van der Waals surface area contributed by atoms with Crippen molar-refractivity contribution in [2.45, 2.75) is 19.9 Å². The highest BCUT2D eigenvalue weighted by Gasteiger charge is 2.21. The Morgan fingerprint density at radius 1 is 1.53 bits per heavy atom. The first-order chi connectivity index (χ1) is 6.84. The second-order valence-electron chi connectivity index (χ2n) is 3.23. The number of aliphatic hydroxyl groups is 1. The Morgan fingerprint density at radius 2 is 2.07 bits per heavy atom. The van der Waals surface area contributed by atoms with Crippen molar-refractivity contribution >= 4 is 15.9 Å². The lowest BCUT2D eigenvalue weighted by atomic mass is 10.3. The van der Waals surface area contributed by atoms with Crippen LogP contribution in [0.2, 0.25) is 0 Å². The number of aliphatic hydroxyl groups excluding tert-OH is 1. The molecule has 90 valence electrons. The Balaban J connectivity index is 4.37. The van der Waals surface area contributed by atoms with E-state index in [9.17, 15) is 13.2 Å². The smallest absolute Gasteiger partial charge is 0.240 e. The minimum Gasteiger partial charge on any atom is -0.395 e. The lowest BCUT2D eigenvalue weighted by molar-refractivity contribution is -0.131. The highest BCUT2D eigenvalue weighted by atomic mass is 32.2. The number of sulfonamides is 1. The van der Waals surface area contributed by atoms with Crippen molar-refractivity contribution in [1.29, 1.82) is 0 Å². The molecular formula is C8H18N2O4S. The van der Waals surface area contributed by atoms with Crippen molar-refractivity contribution in [2.24, 2.45) is 0 Å². The van der Waals surface area contributed by atoms with Gasteiger partial charge in [-0.3, -0.25) is 4.79 Å². The van der Waals surface area contributed by atoms with Crippen LogP contribution >= 0.6 is 0 Å². The van der Waals surface area contributed by atoms with E-state index < -0.39 is 22.7 Å². The lowest BCUT2D eigenvalue weighted by Gasteiger charge is -2.20. The molecule has 0 fully saturated rings. The molecule has 0 aliphatic heterocycles. The van der Waals surface area contributed by atoms with Gasteiger partial charge in [0.25, 0.3) is 0 Å². The first kappa shape index (κ1) is 14.3. The third-order valence-electron chi connectivity index (χ3n) is 1.94. The maximum Gasteiger partial charge on any atom is 0.240 e. The average molecular weight is 238 g/mol. The van der Waals surface area contributed by atoms with Crippen molar-refractivity contribution in [3.63, 3.8) is 0 Å². The lowest BCUT2D eigenvalue weighted by Crippen LogP contribution is -2.46. The maximum atomic E-state index is 11.5. The normalized spacial score (nSPS) is 13.6. The number of likely N-dealkylation sites (N-methyl/N-ethyl adjacent to an activating group) is 1. The molecule has 0 bridgehead atoms. The number of carbonyl (C=O) groups is 1. The molecule has 0 radical (unpaired) electrons. The fourth-order valence-corrected chi connectivity index (χ4v) is 1.98. The molecule has 1 unspecified atom stereocenters. The molecule has 15 heavy (non-hydrogen) atoms. The predicted octanol–water partition coefficient (Wildman–Crippen LogP) is -1.24. The number of nitrogens with zero attached hydrogens (tertiary/aromatic N) is 1. The van der Waals surface area contributed by atoms with Gasteiger partial charge in [0.05, 0.1) is 18.4 Å². The predicted molar refractivity (Wildman–Crippen MR) is 56.8 cm³/mol. The van der Waals surface area contributed by atoms with E-state index in [1.807, 2.05) is 0 Å². The van der Waals surface area contributed by atoms with Crippen LogP contribution < -0.4 is 4.72 Å². The Bertz CT molecular complexity index is 302. The molecule has 0 heterocycles. The molecular weight excluding hydrogens is 220 g/mol. The standard InChI is InChI=1S/C8H18N2O4S/c1-4-10(3)8(12)7(2)9-15(13,14)6-5-11/h7,9,11H,4-6H2,1-3H3. The summed E-state index contributed by atoms with van der Waals surface area (Å²) in [6.07, 6.45) is 0. The van der Waals surface area contributed by atoms with Gasteiger partial charge in [0, 0.05) is 13.6 Å². The first-order valence-electron chi connectivity index (χ1n) is 4.70. The number of hydrogen-bond donors (Lipinski definition) is 2. The van der Waals surface area contributed by atoms with Gasteiger partial charge in [0.15, 0.2) is 0 Å². The summed E-state index contributed by atoms with van der Waals surface area (Å²) < 4.78 is 24.6. The number of rotatable bonds is 6. The van der Waals surface area contributed by atoms with E-state index in [2.05, 4.69) is 4.72 Å². The van der Waals surface area contributed by atoms with Gasteiger partial charge in [0.2, 0.25) is 15.9 Å². The minimum atomic E-state index is -3.57. The van der Waals surface area contributed by atoms with Crippen LogP contribution in [0, 0.1) is 0 Å². The van der Waals surface area contributed by atoms with Crippen LogP contribution in [-0.2, 0) is 14.8 Å². The van der Waals surface area contributed by atoms with E-state index in [1.54, 1.807) is 14.0 Å². The third kappa shape index (κ3) is 5.10. The molecule has 1 amide bonds. The molecule has 0 aromatic rings. The van der Waals surface area contributed by atoms with E-state index in [0.29, 0.717) is 6.54 Å². The molecule has 0 spiro atoms. The zero-order valence-electron chi connectivity index (χ0n) is 9.23. The molecule has 2 N–H and O–H groups in total. The minimum absolute atomic E-state index is 0.293. The highest BCUT2D eigenvalue weighted by molar-refractivity contribution is 7.89. The monoisotopic (exact) mass is 238 g/mol. The fourth-order valence-electron chi connectivity index (χ4n) is 0.985. The van der Waals surface area contributed by atoms with E-state index in [1.165, 1.54) is 11.8 Å². The van der Waals surface area contributed by atoms with Crippen molar-refractivity contribution in [2.75, 3.05) is 26.0 Å². The van der Waals surface area contributed by atoms with E-state index in [0.717, 1.165) is 0 Å². The topological polar surface area (TPSA) is 86.7 Å². The summed E-state index contributed by atoms with van der Waals surface area (Å²) in [5.41, 5.74) is 0. The maximum absolute atomic E-state index is 11.5. The number of nitrogens with one attached hydrogen (secondary N) is 1. The van der Waals surface area contributed by atoms with Crippen LogP contribution in [0.4, 0.5) is 0 Å². The molecule has 0 saturated carbocycles. The van der Waals surface area contributed by atoms with E-state index in [-0.39, 0.29) is 11.7 Å². The first-order valence-corrected chi connectivity index (χ1v) is 6.35. The zero-order chi connectivity index (χ0) is 12.1. The summed E-state index contributed by atoms with van der Waals surface area (Å²) in [4.78, 5) is 12.9. The van der Waals surface area contributed by atoms with Crippen LogP contribution in [0.1, 0.15) is 13.8 Å². The molecule has 0 aromatic heterocycles. The zero-order valence-corrected chi connectivity index (χ0v) is 10.0. The fraction of sp³-hybridized carbons (Fsp3) is 0.875. The van der Waals surface area contributed by atoms with Gasteiger partial charge in [0.1, 0.15) is 0 Å². The summed E-state index contributed by atoms with van der Waals surface area (Å²) in [5.74, 6) is -0.681. The Kier molecular flexibility index (Phi) is 5.77. The summed E-state index contributed by atoms with van der Waals surface area (Å²) in [7, 11) is -1.97. The van der Waals surface area contributed by atoms with Gasteiger partial charge in [-0.1, -0.05) is 0 Å². The molecule has 0 aliphatic rings. The summed E-state index contributed by atoms with van der Waals surface area (Å²) >= 11 is 0. The van der Waals surface area contributed by atoms with Crippen molar-refractivity contribution in [3.8, 4) is 0 Å². The molecule has 0 aromatic carbocycles. The SMILES string of the molecule is CCN(C)C(=O)C(C)NS(=O)(=O)CCO. The van der Waals surface area contributed by atoms with Gasteiger partial charge in [-0.2, -0.15) is 0 Å². The third-order valence-corrected chi connectivity index (χ3v) is 3.37. The number of amides is 1. The van der Waals surface area contributed by atoms with E-state index in [4.69, 9.17) is 5.11 Å². The van der Waals surface area contributed by atoms with Crippen LogP contribution in [0.5, 0.6) is 0 Å². The quantitative estimate of drug-likeness (QED) is 0.606. The van der Waals surface area contributed by atoms with E-state index >= 15 is 0 Å². The van der Waals surface area contributed by atoms with Gasteiger partial charge >= 0.3 is 0 Å². The van der Waals surface area contributed by atoms with Crippen LogP contribution in [0.15, 0.2) is 0 Å². The summed E-state index contributed by atoms with van der Waals surface area (Å²) in [6.45, 7) is 3.33. The Labute approximate surface area is 90.3 Å². The van der Waals surface area contributed by atoms with Gasteiger partial charge in [-0.15, -0.1) is 0 Å². The molecule has 0 saturated heterocycles. The van der Waals surface area contributed by atoms with Crippen molar-refractivity contribution in [3.05, 3.63) is 0 Å². The van der Waals surface area contributed by atoms with Crippen LogP contribution in [-0.4, -0.2) is 56.3 Å². The van der Waals surface area contributed by atoms with Crippen molar-refractivity contribution in [1.82, 2.24) is 9.62 Å². The average Bonchev–Trinajstić information content (AvgIpc) is 2.14. The molecule has 6 nitrogen and oxygen atoms in total. The molecule has 7 heteroatoms. The largest absolute Gasteiger partial charge is 0.395 e. The molecule has 1 atom stereocenters. The summed E-state index contributed by atoms with van der Waals surface area (Å²) in [6, 6.07) is -0.800. The summed E-state index contributed by atoms with van der Waals surface area (Å²) in [5, 5.41) is 8.49. The Hall–Kier alpha value is -0.660. The Morgan fingerprint density at radius 3 is 2.47 bits per heavy atom. The molecule has 0 rings (SSSR count). The van der Waals surface area contributed by atoms with Crippen LogP contribution in [0.3, 0.4) is 0 Å². The number of carbonyl (C=O) groups excluding carboxylic acids is 1. The second kappa shape index (κ2) is 6.04. The van der Waals surface area contributed by atoms with Crippen molar-refractivity contribution < 1.29 is 18.3 Å². The molecule has 0 aliphatic carbocycles. The second-order valence-corrected chi connectivity index (χ2v) is 5.11. The highest BCUT2D eigenvalue weighted by Crippen LogP contribution is 1.94. The van der Waals surface area contributed by atoms with Crippen LogP contribution in [0.25, 0.3) is 0 Å². The van der Waals surface area contributed by atoms with Gasteiger partial charge in [-0.25, -0.2) is 13.1 Å². The van der Waals surface area contributed by atoms with Gasteiger partial charge < -0.3 is 10.0 Å². The number of hydrogen-bond acceptors (Lipinski definition) is 4. The van der Waals surface area contributed by atoms with Gasteiger partial charge in [-0.05, 0) is 13.8 Å².